The summed E-state index contributed by atoms with van der Waals surface area (Å²) in [5, 5.41) is 2.98. The first-order valence-electron chi connectivity index (χ1n) is 11.1. The largest absolute Gasteiger partial charge is 0.484 e. The number of ether oxygens (including phenoxy) is 1. The van der Waals surface area contributed by atoms with Gasteiger partial charge in [-0.05, 0) is 61.9 Å². The van der Waals surface area contributed by atoms with Gasteiger partial charge in [0.15, 0.2) is 6.61 Å². The van der Waals surface area contributed by atoms with Crippen LogP contribution in [0.2, 0.25) is 0 Å². The molecule has 0 unspecified atom stereocenters. The Morgan fingerprint density at radius 1 is 1.00 bits per heavy atom. The minimum absolute atomic E-state index is 0.0566. The van der Waals surface area contributed by atoms with E-state index in [0.717, 1.165) is 17.5 Å². The second-order valence-corrected chi connectivity index (χ2v) is 8.45. The molecule has 0 aliphatic heterocycles. The Morgan fingerprint density at radius 3 is 2.23 bits per heavy atom. The second kappa shape index (κ2) is 11.5. The van der Waals surface area contributed by atoms with E-state index < -0.39 is 6.04 Å². The van der Waals surface area contributed by atoms with Gasteiger partial charge in [0, 0.05) is 12.6 Å². The molecule has 2 aromatic carbocycles. The molecule has 0 bridgehead atoms. The van der Waals surface area contributed by atoms with Crippen molar-refractivity contribution in [3.05, 3.63) is 65.2 Å². The first-order valence-corrected chi connectivity index (χ1v) is 11.1. The minimum atomic E-state index is -0.604. The maximum absolute atomic E-state index is 13.1. The van der Waals surface area contributed by atoms with Gasteiger partial charge >= 0.3 is 0 Å². The molecule has 0 aliphatic carbocycles. The Kier molecular flexibility index (Phi) is 9.10. The summed E-state index contributed by atoms with van der Waals surface area (Å²) < 4.78 is 5.76. The zero-order valence-corrected chi connectivity index (χ0v) is 19.6. The van der Waals surface area contributed by atoms with Crippen molar-refractivity contribution in [3.8, 4) is 5.75 Å². The molecule has 2 rings (SSSR count). The molecule has 168 valence electrons. The maximum atomic E-state index is 13.1. The number of carbonyl (C=O) groups excluding carboxylic acids is 2. The molecule has 0 heterocycles. The van der Waals surface area contributed by atoms with Crippen LogP contribution in [-0.4, -0.2) is 35.4 Å². The first kappa shape index (κ1) is 24.4. The van der Waals surface area contributed by atoms with E-state index in [1.54, 1.807) is 11.8 Å². The van der Waals surface area contributed by atoms with Crippen LogP contribution in [-0.2, 0) is 16.1 Å². The highest BCUT2D eigenvalue weighted by atomic mass is 16.5. The number of carbonyl (C=O) groups is 2. The van der Waals surface area contributed by atoms with Crippen molar-refractivity contribution in [2.24, 2.45) is 0 Å². The summed E-state index contributed by atoms with van der Waals surface area (Å²) in [5.41, 5.74) is 3.32. The number of amides is 2. The van der Waals surface area contributed by atoms with Gasteiger partial charge in [0.05, 0.1) is 0 Å². The predicted molar refractivity (Wildman–Crippen MR) is 125 cm³/mol. The minimum Gasteiger partial charge on any atom is -0.484 e. The Hall–Kier alpha value is -2.82. The van der Waals surface area contributed by atoms with Crippen LogP contribution in [0.3, 0.4) is 0 Å². The van der Waals surface area contributed by atoms with Gasteiger partial charge in [-0.1, -0.05) is 57.2 Å². The van der Waals surface area contributed by atoms with Gasteiger partial charge in [0.25, 0.3) is 5.91 Å². The van der Waals surface area contributed by atoms with Crippen molar-refractivity contribution in [1.29, 1.82) is 0 Å². The molecule has 0 saturated heterocycles. The molecule has 0 fully saturated rings. The summed E-state index contributed by atoms with van der Waals surface area (Å²) in [4.78, 5) is 27.5. The van der Waals surface area contributed by atoms with Crippen LogP contribution in [0.15, 0.2) is 48.5 Å². The van der Waals surface area contributed by atoms with Crippen LogP contribution < -0.4 is 10.1 Å². The van der Waals surface area contributed by atoms with E-state index >= 15 is 0 Å². The fourth-order valence-electron chi connectivity index (χ4n) is 3.20. The number of hydrogen-bond donors (Lipinski definition) is 1. The number of hydrogen-bond acceptors (Lipinski definition) is 3. The lowest BCUT2D eigenvalue weighted by Crippen LogP contribution is -2.50. The molecule has 5 nitrogen and oxygen atoms in total. The van der Waals surface area contributed by atoms with Crippen LogP contribution in [0.4, 0.5) is 0 Å². The van der Waals surface area contributed by atoms with E-state index in [9.17, 15) is 9.59 Å². The average Bonchev–Trinajstić information content (AvgIpc) is 2.76. The fraction of sp³-hybridized carbons (Fsp3) is 0.462. The van der Waals surface area contributed by atoms with Gasteiger partial charge in [-0.3, -0.25) is 9.59 Å². The number of nitrogens with one attached hydrogen (secondary N) is 1. The molecule has 5 heteroatoms. The normalized spacial score (nSPS) is 12.9. The Balaban J connectivity index is 2.14. The van der Waals surface area contributed by atoms with E-state index in [1.165, 1.54) is 5.56 Å². The summed E-state index contributed by atoms with van der Waals surface area (Å²) in [7, 11) is 0. The highest BCUT2D eigenvalue weighted by Crippen LogP contribution is 2.19. The zero-order chi connectivity index (χ0) is 23.0. The average molecular weight is 425 g/mol. The molecule has 0 radical (unpaired) electrons. The van der Waals surface area contributed by atoms with Crippen LogP contribution in [0, 0.1) is 6.92 Å². The standard InChI is InChI=1S/C26H36N2O3/c1-7-20(5)27-26(30)21(6)28(16-23-11-9-8-10-19(23)4)25(29)17-31-24-14-12-22(13-15-24)18(2)3/h8-15,18,20-21H,7,16-17H2,1-6H3,(H,27,30)/t20-,21-/m1/s1. The zero-order valence-electron chi connectivity index (χ0n) is 19.6. The highest BCUT2D eigenvalue weighted by molar-refractivity contribution is 5.88. The molecular weight excluding hydrogens is 388 g/mol. The van der Waals surface area contributed by atoms with Gasteiger partial charge in [-0.2, -0.15) is 0 Å². The van der Waals surface area contributed by atoms with Crippen molar-refractivity contribution in [3.63, 3.8) is 0 Å². The molecule has 0 saturated carbocycles. The monoisotopic (exact) mass is 424 g/mol. The summed E-state index contributed by atoms with van der Waals surface area (Å²) in [6, 6.07) is 15.1. The van der Waals surface area contributed by atoms with Gasteiger partial charge in [-0.15, -0.1) is 0 Å². The fourth-order valence-corrected chi connectivity index (χ4v) is 3.20. The van der Waals surface area contributed by atoms with E-state index in [0.29, 0.717) is 18.2 Å². The van der Waals surface area contributed by atoms with Crippen LogP contribution in [0.25, 0.3) is 0 Å². The van der Waals surface area contributed by atoms with Gasteiger partial charge < -0.3 is 15.0 Å². The van der Waals surface area contributed by atoms with E-state index in [1.807, 2.05) is 69.3 Å². The quantitative estimate of drug-likeness (QED) is 0.594. The molecule has 2 aromatic rings. The maximum Gasteiger partial charge on any atom is 0.261 e. The van der Waals surface area contributed by atoms with E-state index in [4.69, 9.17) is 4.74 Å². The van der Waals surface area contributed by atoms with Gasteiger partial charge in [0.2, 0.25) is 5.91 Å². The smallest absolute Gasteiger partial charge is 0.261 e. The molecule has 1 N–H and O–H groups in total. The van der Waals surface area contributed by atoms with Gasteiger partial charge in [0.1, 0.15) is 11.8 Å². The highest BCUT2D eigenvalue weighted by Gasteiger charge is 2.27. The SMILES string of the molecule is CC[C@@H](C)NC(=O)[C@@H](C)N(Cc1ccccc1C)C(=O)COc1ccc(C(C)C)cc1. The lowest BCUT2D eigenvalue weighted by Gasteiger charge is -2.30. The van der Waals surface area contributed by atoms with Crippen LogP contribution >= 0.6 is 0 Å². The number of rotatable bonds is 10. The Morgan fingerprint density at radius 2 is 1.65 bits per heavy atom. The van der Waals surface area contributed by atoms with Crippen molar-refractivity contribution in [1.82, 2.24) is 10.2 Å². The first-order chi connectivity index (χ1) is 14.7. The van der Waals surface area contributed by atoms with E-state index in [-0.39, 0.29) is 24.5 Å². The summed E-state index contributed by atoms with van der Waals surface area (Å²) >= 11 is 0. The summed E-state index contributed by atoms with van der Waals surface area (Å²) in [6.07, 6.45) is 0.833. The molecule has 2 amide bonds. The van der Waals surface area contributed by atoms with Crippen LogP contribution in [0.5, 0.6) is 5.75 Å². The van der Waals surface area contributed by atoms with Crippen molar-refractivity contribution in [2.45, 2.75) is 72.5 Å². The third kappa shape index (κ3) is 7.12. The van der Waals surface area contributed by atoms with Crippen molar-refractivity contribution in [2.75, 3.05) is 6.61 Å². The number of benzene rings is 2. The van der Waals surface area contributed by atoms with Gasteiger partial charge in [-0.25, -0.2) is 0 Å². The molecule has 0 aromatic heterocycles. The summed E-state index contributed by atoms with van der Waals surface area (Å²) in [5.74, 6) is 0.705. The molecular formula is C26H36N2O3. The van der Waals surface area contributed by atoms with Crippen molar-refractivity contribution >= 4 is 11.8 Å². The lowest BCUT2D eigenvalue weighted by atomic mass is 10.0. The second-order valence-electron chi connectivity index (χ2n) is 8.45. The predicted octanol–water partition coefficient (Wildman–Crippen LogP) is 4.83. The lowest BCUT2D eigenvalue weighted by molar-refractivity contribution is -0.142. The topological polar surface area (TPSA) is 58.6 Å². The molecule has 2 atom stereocenters. The number of nitrogens with zero attached hydrogens (tertiary/aromatic N) is 1. The number of aryl methyl sites for hydroxylation is 1. The Labute approximate surface area is 186 Å². The van der Waals surface area contributed by atoms with E-state index in [2.05, 4.69) is 19.2 Å². The third-order valence-corrected chi connectivity index (χ3v) is 5.68. The van der Waals surface area contributed by atoms with Crippen LogP contribution in [0.1, 0.15) is 63.6 Å². The molecule has 0 spiro atoms. The third-order valence-electron chi connectivity index (χ3n) is 5.68. The Bertz CT molecular complexity index is 861. The van der Waals surface area contributed by atoms with Crippen molar-refractivity contribution < 1.29 is 14.3 Å². The molecule has 0 aliphatic rings. The summed E-state index contributed by atoms with van der Waals surface area (Å²) in [6.45, 7) is 12.3. The molecule has 31 heavy (non-hydrogen) atoms.